The summed E-state index contributed by atoms with van der Waals surface area (Å²) in [6, 6.07) is 39.0. The first-order valence-corrected chi connectivity index (χ1v) is 13.8. The molecule has 4 heteroatoms. The van der Waals surface area contributed by atoms with Gasteiger partial charge in [-0.05, 0) is 65.1 Å². The lowest BCUT2D eigenvalue weighted by molar-refractivity contribution is 0.991. The predicted molar refractivity (Wildman–Crippen MR) is 160 cm³/mol. The summed E-state index contributed by atoms with van der Waals surface area (Å²) >= 11 is 1.97. The van der Waals surface area contributed by atoms with Crippen LogP contribution in [-0.2, 0) is 0 Å². The molecule has 0 radical (unpaired) electrons. The number of pyridine rings is 2. The van der Waals surface area contributed by atoms with Gasteiger partial charge in [-0.2, -0.15) is 0 Å². The zero-order chi connectivity index (χ0) is 25.1. The van der Waals surface area contributed by atoms with E-state index in [2.05, 4.69) is 108 Å². The Kier molecular flexibility index (Phi) is 4.89. The number of fused-ring (bicyclic) bond motifs is 8. The van der Waals surface area contributed by atoms with Crippen LogP contribution in [-0.4, -0.2) is 14.4 Å². The van der Waals surface area contributed by atoms with Crippen molar-refractivity contribution in [3.63, 3.8) is 0 Å². The van der Waals surface area contributed by atoms with Gasteiger partial charge < -0.3 is 0 Å². The Hall–Kier alpha value is -4.41. The average molecular weight is 506 g/mol. The Morgan fingerprint density at radius 2 is 1.47 bits per heavy atom. The smallest absolute Gasteiger partial charge is 0.147 e. The second kappa shape index (κ2) is 8.57. The Balaban J connectivity index is 1.20. The molecule has 1 unspecified atom stereocenters. The van der Waals surface area contributed by atoms with Crippen LogP contribution in [0.1, 0.15) is 22.8 Å². The number of allylic oxidation sites excluding steroid dienone is 1. The van der Waals surface area contributed by atoms with E-state index in [1.165, 1.54) is 27.2 Å². The van der Waals surface area contributed by atoms with Crippen molar-refractivity contribution in [1.82, 2.24) is 14.4 Å². The van der Waals surface area contributed by atoms with Crippen molar-refractivity contribution in [3.05, 3.63) is 133 Å². The summed E-state index contributed by atoms with van der Waals surface area (Å²) in [7, 11) is 0. The molecule has 180 valence electrons. The van der Waals surface area contributed by atoms with Crippen molar-refractivity contribution in [3.8, 4) is 11.1 Å². The molecular weight excluding hydrogens is 482 g/mol. The second-order valence-electron chi connectivity index (χ2n) is 9.79. The minimum atomic E-state index is 0.503. The summed E-state index contributed by atoms with van der Waals surface area (Å²) < 4.78 is 2.27. The van der Waals surface area contributed by atoms with Gasteiger partial charge in [0.1, 0.15) is 5.65 Å². The largest absolute Gasteiger partial charge is 0.292 e. The summed E-state index contributed by atoms with van der Waals surface area (Å²) in [5.41, 5.74) is 10.3. The molecule has 3 aromatic heterocycles. The molecule has 0 spiro atoms. The maximum atomic E-state index is 4.96. The third-order valence-corrected chi connectivity index (χ3v) is 8.97. The summed E-state index contributed by atoms with van der Waals surface area (Å²) in [6.07, 6.45) is 5.33. The third-order valence-electron chi connectivity index (χ3n) is 7.56. The maximum absolute atomic E-state index is 4.96. The van der Waals surface area contributed by atoms with Crippen LogP contribution in [0.15, 0.2) is 121 Å². The summed E-state index contributed by atoms with van der Waals surface area (Å²) in [6.45, 7) is 0. The average Bonchev–Trinajstić information content (AvgIpc) is 3.64. The Morgan fingerprint density at radius 3 is 2.37 bits per heavy atom. The normalized spacial score (nSPS) is 15.6. The fourth-order valence-corrected chi connectivity index (χ4v) is 6.96. The Labute approximate surface area is 224 Å². The molecule has 7 aromatic rings. The minimum Gasteiger partial charge on any atom is -0.292 e. The lowest BCUT2D eigenvalue weighted by Gasteiger charge is -2.12. The van der Waals surface area contributed by atoms with Gasteiger partial charge in [0.15, 0.2) is 0 Å². The van der Waals surface area contributed by atoms with Crippen molar-refractivity contribution in [2.75, 3.05) is 0 Å². The highest BCUT2D eigenvalue weighted by Crippen LogP contribution is 2.48. The van der Waals surface area contributed by atoms with Crippen LogP contribution >= 0.6 is 11.8 Å². The van der Waals surface area contributed by atoms with Gasteiger partial charge >= 0.3 is 0 Å². The summed E-state index contributed by atoms with van der Waals surface area (Å²) in [5, 5.41) is 2.71. The SMILES string of the molecule is C1=C(c2ccc(-c3ccc4c(c3)c3ncccc3c3nc5ccccc5n43)cc2)SC(c2ccccc2)C1. The first kappa shape index (κ1) is 21.7. The number of rotatable bonds is 3. The van der Waals surface area contributed by atoms with E-state index in [0.717, 1.165) is 44.9 Å². The maximum Gasteiger partial charge on any atom is 0.147 e. The Bertz CT molecular complexity index is 2020. The lowest BCUT2D eigenvalue weighted by atomic mass is 10.0. The second-order valence-corrected chi connectivity index (χ2v) is 11.0. The van der Waals surface area contributed by atoms with E-state index < -0.39 is 0 Å². The van der Waals surface area contributed by atoms with Crippen LogP contribution in [0.2, 0.25) is 0 Å². The van der Waals surface area contributed by atoms with Gasteiger partial charge in [-0.3, -0.25) is 9.38 Å². The van der Waals surface area contributed by atoms with Gasteiger partial charge in [0, 0.05) is 27.1 Å². The first-order chi connectivity index (χ1) is 18.8. The molecule has 3 nitrogen and oxygen atoms in total. The Morgan fingerprint density at radius 1 is 0.684 bits per heavy atom. The molecule has 1 atom stereocenters. The quantitative estimate of drug-likeness (QED) is 0.224. The molecule has 0 aliphatic carbocycles. The summed E-state index contributed by atoms with van der Waals surface area (Å²) in [5.74, 6) is 0. The molecular formula is C34H23N3S. The zero-order valence-electron chi connectivity index (χ0n) is 20.6. The number of benzene rings is 4. The van der Waals surface area contributed by atoms with Crippen LogP contribution in [0.25, 0.3) is 54.5 Å². The number of aromatic nitrogens is 3. The molecule has 38 heavy (non-hydrogen) atoms. The van der Waals surface area contributed by atoms with E-state index in [1.807, 2.05) is 30.1 Å². The molecule has 1 aliphatic rings. The van der Waals surface area contributed by atoms with Gasteiger partial charge in [-0.1, -0.05) is 78.9 Å². The molecule has 4 aromatic carbocycles. The van der Waals surface area contributed by atoms with Gasteiger partial charge in [0.2, 0.25) is 0 Å². The fraction of sp³-hybridized carbons (Fsp3) is 0.0588. The molecule has 4 heterocycles. The van der Waals surface area contributed by atoms with Gasteiger partial charge in [0.25, 0.3) is 0 Å². The molecule has 0 bridgehead atoms. The zero-order valence-corrected chi connectivity index (χ0v) is 21.4. The highest BCUT2D eigenvalue weighted by molar-refractivity contribution is 8.08. The molecule has 0 fully saturated rings. The molecule has 0 saturated carbocycles. The minimum absolute atomic E-state index is 0.503. The van der Waals surface area contributed by atoms with Crippen molar-refractivity contribution in [1.29, 1.82) is 0 Å². The van der Waals surface area contributed by atoms with E-state index in [0.29, 0.717) is 5.25 Å². The van der Waals surface area contributed by atoms with Crippen LogP contribution < -0.4 is 0 Å². The molecule has 0 N–H and O–H groups in total. The van der Waals surface area contributed by atoms with E-state index >= 15 is 0 Å². The number of imidazole rings is 1. The van der Waals surface area contributed by atoms with Crippen molar-refractivity contribution >= 4 is 55.2 Å². The van der Waals surface area contributed by atoms with Crippen molar-refractivity contribution in [2.24, 2.45) is 0 Å². The number of hydrogen-bond donors (Lipinski definition) is 0. The molecule has 0 amide bonds. The van der Waals surface area contributed by atoms with Gasteiger partial charge in [-0.25, -0.2) is 4.98 Å². The van der Waals surface area contributed by atoms with E-state index in [9.17, 15) is 0 Å². The highest BCUT2D eigenvalue weighted by atomic mass is 32.2. The third kappa shape index (κ3) is 3.37. The topological polar surface area (TPSA) is 30.2 Å². The van der Waals surface area contributed by atoms with Crippen LogP contribution in [0.3, 0.4) is 0 Å². The number of thioether (sulfide) groups is 1. The molecule has 0 saturated heterocycles. The highest BCUT2D eigenvalue weighted by Gasteiger charge is 2.20. The van der Waals surface area contributed by atoms with Crippen molar-refractivity contribution in [2.45, 2.75) is 11.7 Å². The van der Waals surface area contributed by atoms with Gasteiger partial charge in [0.05, 0.1) is 22.1 Å². The number of hydrogen-bond acceptors (Lipinski definition) is 3. The van der Waals surface area contributed by atoms with Gasteiger partial charge in [-0.15, -0.1) is 11.8 Å². The first-order valence-electron chi connectivity index (χ1n) is 12.9. The van der Waals surface area contributed by atoms with E-state index in [1.54, 1.807) is 0 Å². The van der Waals surface area contributed by atoms with Crippen molar-refractivity contribution < 1.29 is 0 Å². The molecule has 8 rings (SSSR count). The molecule has 1 aliphatic heterocycles. The summed E-state index contributed by atoms with van der Waals surface area (Å²) in [4.78, 5) is 11.1. The van der Waals surface area contributed by atoms with E-state index in [-0.39, 0.29) is 0 Å². The lowest BCUT2D eigenvalue weighted by Crippen LogP contribution is -1.93. The van der Waals surface area contributed by atoms with Crippen LogP contribution in [0, 0.1) is 0 Å². The van der Waals surface area contributed by atoms with E-state index in [4.69, 9.17) is 9.97 Å². The number of para-hydroxylation sites is 2. The number of nitrogens with zero attached hydrogens (tertiary/aromatic N) is 3. The fourth-order valence-electron chi connectivity index (χ4n) is 5.70. The van der Waals surface area contributed by atoms with Crippen LogP contribution in [0.4, 0.5) is 0 Å². The van der Waals surface area contributed by atoms with Crippen LogP contribution in [0.5, 0.6) is 0 Å². The monoisotopic (exact) mass is 505 g/mol. The predicted octanol–water partition coefficient (Wildman–Crippen LogP) is 9.07. The standard InChI is InChI=1S/C34H23N3S/c1-2-7-23(8-3-1)31-18-19-32(38-31)24-14-12-22(13-15-24)25-16-17-29-27(21-25)33-26(9-6-20-35-33)34-36-28-10-4-5-11-30(28)37(29)34/h1-17,19-21,31H,18H2.